The zero-order chi connectivity index (χ0) is 18.6. The van der Waals surface area contributed by atoms with E-state index in [1.165, 1.54) is 82.6 Å². The maximum absolute atomic E-state index is 5.86. The zero-order valence-corrected chi connectivity index (χ0v) is 17.3. The van der Waals surface area contributed by atoms with Crippen molar-refractivity contribution in [2.24, 2.45) is 5.41 Å². The van der Waals surface area contributed by atoms with Crippen LogP contribution in [0.3, 0.4) is 0 Å². The highest BCUT2D eigenvalue weighted by atomic mass is 16.6. The lowest BCUT2D eigenvalue weighted by molar-refractivity contribution is -0.0901. The van der Waals surface area contributed by atoms with E-state index >= 15 is 0 Å². The number of ether oxygens (including phenoxy) is 2. The third-order valence-electron chi connectivity index (χ3n) is 7.92. The standard InChI is InChI=1S/C25H38O2/c1-2-3-4-5-6-11-24-12-15-25(16-13-24,17-14-24)22-9-7-21(8-10-22)23-20-26-18-19-27-23/h7-10,23H,2-6,11-20H2,1H3. The summed E-state index contributed by atoms with van der Waals surface area (Å²) in [4.78, 5) is 0. The SMILES string of the molecule is CCCCCCCC12CCC(c3ccc(C4COCCO4)cc3)(CC1)CC2. The van der Waals surface area contributed by atoms with E-state index in [2.05, 4.69) is 31.2 Å². The molecular formula is C25H38O2. The third kappa shape index (κ3) is 4.27. The van der Waals surface area contributed by atoms with Crippen LogP contribution < -0.4 is 0 Å². The Hall–Kier alpha value is -0.860. The molecule has 0 aromatic heterocycles. The Balaban J connectivity index is 1.33. The predicted octanol–water partition coefficient (Wildman–Crippen LogP) is 6.73. The first-order valence-corrected chi connectivity index (χ1v) is 11.6. The van der Waals surface area contributed by atoms with Crippen LogP contribution in [0.25, 0.3) is 0 Å². The maximum Gasteiger partial charge on any atom is 0.106 e. The molecule has 0 amide bonds. The van der Waals surface area contributed by atoms with Crippen molar-refractivity contribution < 1.29 is 9.47 Å². The van der Waals surface area contributed by atoms with E-state index in [-0.39, 0.29) is 6.10 Å². The van der Waals surface area contributed by atoms with Gasteiger partial charge in [-0.25, -0.2) is 0 Å². The Morgan fingerprint density at radius 2 is 1.56 bits per heavy atom. The van der Waals surface area contributed by atoms with E-state index in [0.29, 0.717) is 17.4 Å². The van der Waals surface area contributed by atoms with E-state index in [1.54, 1.807) is 5.56 Å². The second-order valence-electron chi connectivity index (χ2n) is 9.50. The molecule has 27 heavy (non-hydrogen) atoms. The molecule has 4 fully saturated rings. The fourth-order valence-corrected chi connectivity index (χ4v) is 5.91. The van der Waals surface area contributed by atoms with Gasteiger partial charge in [0.15, 0.2) is 0 Å². The molecule has 2 bridgehead atoms. The quantitative estimate of drug-likeness (QED) is 0.472. The molecule has 1 heterocycles. The number of benzene rings is 1. The van der Waals surface area contributed by atoms with Crippen molar-refractivity contribution in [2.45, 2.75) is 95.5 Å². The van der Waals surface area contributed by atoms with Gasteiger partial charge in [-0.1, -0.05) is 63.3 Å². The lowest BCUT2D eigenvalue weighted by Crippen LogP contribution is -2.44. The fraction of sp³-hybridized carbons (Fsp3) is 0.760. The van der Waals surface area contributed by atoms with Crippen LogP contribution in [0.2, 0.25) is 0 Å². The monoisotopic (exact) mass is 370 g/mol. The topological polar surface area (TPSA) is 18.5 Å². The fourth-order valence-electron chi connectivity index (χ4n) is 5.91. The van der Waals surface area contributed by atoms with Crippen molar-refractivity contribution in [1.29, 1.82) is 0 Å². The Labute approximate surface area is 166 Å². The summed E-state index contributed by atoms with van der Waals surface area (Å²) in [6, 6.07) is 9.40. The van der Waals surface area contributed by atoms with Gasteiger partial charge in [0.25, 0.3) is 0 Å². The van der Waals surface area contributed by atoms with Crippen LogP contribution in [0.4, 0.5) is 0 Å². The second kappa shape index (κ2) is 8.66. The Morgan fingerprint density at radius 1 is 0.852 bits per heavy atom. The first kappa shape index (κ1) is 19.5. The number of unbranched alkanes of at least 4 members (excludes halogenated alkanes) is 4. The molecule has 1 aromatic rings. The first-order chi connectivity index (χ1) is 13.3. The van der Waals surface area contributed by atoms with E-state index in [1.807, 2.05) is 0 Å². The zero-order valence-electron chi connectivity index (χ0n) is 17.3. The molecule has 2 heteroatoms. The Kier molecular flexibility index (Phi) is 6.24. The molecule has 1 saturated heterocycles. The highest BCUT2D eigenvalue weighted by molar-refractivity contribution is 5.32. The average Bonchev–Trinajstić information content (AvgIpc) is 2.76. The van der Waals surface area contributed by atoms with Crippen LogP contribution in [-0.4, -0.2) is 19.8 Å². The van der Waals surface area contributed by atoms with E-state index in [9.17, 15) is 0 Å². The Bertz CT molecular complexity index is 560. The molecule has 1 aliphatic heterocycles. The smallest absolute Gasteiger partial charge is 0.106 e. The number of rotatable bonds is 8. The van der Waals surface area contributed by atoms with Gasteiger partial charge in [-0.3, -0.25) is 0 Å². The molecule has 2 nitrogen and oxygen atoms in total. The average molecular weight is 371 g/mol. The first-order valence-electron chi connectivity index (χ1n) is 11.6. The minimum Gasteiger partial charge on any atom is -0.376 e. The highest BCUT2D eigenvalue weighted by Gasteiger charge is 2.48. The summed E-state index contributed by atoms with van der Waals surface area (Å²) in [6.45, 7) is 4.46. The molecule has 0 radical (unpaired) electrons. The summed E-state index contributed by atoms with van der Waals surface area (Å²) in [7, 11) is 0. The Morgan fingerprint density at radius 3 is 2.19 bits per heavy atom. The van der Waals surface area contributed by atoms with Crippen molar-refractivity contribution in [2.75, 3.05) is 19.8 Å². The molecule has 4 aliphatic rings. The molecule has 150 valence electrons. The highest BCUT2D eigenvalue weighted by Crippen LogP contribution is 2.59. The van der Waals surface area contributed by atoms with Crippen LogP contribution in [0.15, 0.2) is 24.3 Å². The molecule has 3 saturated carbocycles. The number of hydrogen-bond acceptors (Lipinski definition) is 2. The summed E-state index contributed by atoms with van der Waals surface area (Å²) in [5.74, 6) is 0. The normalized spacial score (nSPS) is 33.3. The van der Waals surface area contributed by atoms with Crippen molar-refractivity contribution in [3.05, 3.63) is 35.4 Å². The van der Waals surface area contributed by atoms with Gasteiger partial charge in [0.1, 0.15) is 6.10 Å². The molecule has 1 aromatic carbocycles. The maximum atomic E-state index is 5.86. The van der Waals surface area contributed by atoms with Gasteiger partial charge in [-0.15, -0.1) is 0 Å². The third-order valence-corrected chi connectivity index (χ3v) is 7.92. The van der Waals surface area contributed by atoms with Gasteiger partial charge in [0, 0.05) is 0 Å². The van der Waals surface area contributed by atoms with E-state index < -0.39 is 0 Å². The molecule has 5 rings (SSSR count). The number of hydrogen-bond donors (Lipinski definition) is 0. The molecule has 0 spiro atoms. The van der Waals surface area contributed by atoms with Crippen molar-refractivity contribution in [3.63, 3.8) is 0 Å². The van der Waals surface area contributed by atoms with Crippen LogP contribution in [0.5, 0.6) is 0 Å². The second-order valence-corrected chi connectivity index (χ2v) is 9.50. The van der Waals surface area contributed by atoms with Gasteiger partial charge in [0.2, 0.25) is 0 Å². The minimum atomic E-state index is 0.128. The molecule has 1 atom stereocenters. The summed E-state index contributed by atoms with van der Waals surface area (Å²) >= 11 is 0. The summed E-state index contributed by atoms with van der Waals surface area (Å²) in [5.41, 5.74) is 4.02. The molecule has 3 aliphatic carbocycles. The van der Waals surface area contributed by atoms with Gasteiger partial charge >= 0.3 is 0 Å². The summed E-state index contributed by atoms with van der Waals surface area (Å²) in [5, 5.41) is 0. The summed E-state index contributed by atoms with van der Waals surface area (Å²) < 4.78 is 11.4. The van der Waals surface area contributed by atoms with Gasteiger partial charge in [-0.2, -0.15) is 0 Å². The van der Waals surface area contributed by atoms with E-state index in [0.717, 1.165) is 13.2 Å². The lowest BCUT2D eigenvalue weighted by atomic mass is 9.51. The molecular weight excluding hydrogens is 332 g/mol. The van der Waals surface area contributed by atoms with Crippen molar-refractivity contribution >= 4 is 0 Å². The van der Waals surface area contributed by atoms with Crippen LogP contribution in [-0.2, 0) is 14.9 Å². The molecule has 0 N–H and O–H groups in total. The van der Waals surface area contributed by atoms with Crippen LogP contribution in [0.1, 0.15) is 101 Å². The van der Waals surface area contributed by atoms with Crippen molar-refractivity contribution in [3.8, 4) is 0 Å². The predicted molar refractivity (Wildman–Crippen MR) is 111 cm³/mol. The van der Waals surface area contributed by atoms with Crippen LogP contribution >= 0.6 is 0 Å². The molecule has 1 unspecified atom stereocenters. The van der Waals surface area contributed by atoms with Crippen molar-refractivity contribution in [1.82, 2.24) is 0 Å². The van der Waals surface area contributed by atoms with E-state index in [4.69, 9.17) is 9.47 Å². The minimum absolute atomic E-state index is 0.128. The number of fused-ring (bicyclic) bond motifs is 3. The summed E-state index contributed by atoms with van der Waals surface area (Å²) in [6.07, 6.45) is 17.4. The van der Waals surface area contributed by atoms with Crippen LogP contribution in [0, 0.1) is 5.41 Å². The van der Waals surface area contributed by atoms with Gasteiger partial charge in [0.05, 0.1) is 19.8 Å². The largest absolute Gasteiger partial charge is 0.376 e. The lowest BCUT2D eigenvalue weighted by Gasteiger charge is -2.54. The van der Waals surface area contributed by atoms with Gasteiger partial charge in [-0.05, 0) is 66.9 Å². The van der Waals surface area contributed by atoms with Gasteiger partial charge < -0.3 is 9.47 Å².